The van der Waals surface area contributed by atoms with Gasteiger partial charge >= 0.3 is 0 Å². The van der Waals surface area contributed by atoms with Gasteiger partial charge in [0.15, 0.2) is 0 Å². The zero-order valence-corrected chi connectivity index (χ0v) is 15.7. The van der Waals surface area contributed by atoms with E-state index in [1.54, 1.807) is 12.1 Å². The minimum Gasteiger partial charge on any atom is -0.391 e. The molecule has 25 heavy (non-hydrogen) atoms. The maximum atomic E-state index is 13.2. The fraction of sp³-hybridized carbons (Fsp3) is 0.500. The first kappa shape index (κ1) is 17.0. The molecule has 5 heteroatoms. The molecule has 2 fully saturated rings. The second-order valence-corrected chi connectivity index (χ2v) is 10.0. The summed E-state index contributed by atoms with van der Waals surface area (Å²) in [5, 5.41) is 12.4. The molecule has 0 spiro atoms. The lowest BCUT2D eigenvalue weighted by molar-refractivity contribution is 0.0685. The summed E-state index contributed by atoms with van der Waals surface area (Å²) < 4.78 is 29.2. The molecule has 2 bridgehead atoms. The fourth-order valence-corrected chi connectivity index (χ4v) is 6.78. The van der Waals surface area contributed by atoms with Crippen LogP contribution in [0.1, 0.15) is 33.6 Å². The molecule has 4 atom stereocenters. The lowest BCUT2D eigenvalue weighted by atomic mass is 9.69. The van der Waals surface area contributed by atoms with Gasteiger partial charge in [0, 0.05) is 5.39 Å². The molecule has 2 aliphatic rings. The SMILES string of the molecule is CC1(C)[C@@H]2CC[C@@]1(C)[C@H](NS(=O)(=O)c1cccc3ccccc13)[C@@H]2O. The minimum absolute atomic E-state index is 0.0850. The van der Waals surface area contributed by atoms with Crippen molar-refractivity contribution in [2.45, 2.75) is 50.7 Å². The van der Waals surface area contributed by atoms with Crippen LogP contribution in [0, 0.1) is 16.7 Å². The number of aliphatic hydroxyl groups is 1. The van der Waals surface area contributed by atoms with Gasteiger partial charge in [-0.05, 0) is 41.0 Å². The molecular formula is C20H25NO3S. The van der Waals surface area contributed by atoms with Crippen LogP contribution < -0.4 is 4.72 Å². The van der Waals surface area contributed by atoms with Crippen molar-refractivity contribution in [2.24, 2.45) is 16.7 Å². The highest BCUT2D eigenvalue weighted by molar-refractivity contribution is 7.89. The van der Waals surface area contributed by atoms with Gasteiger partial charge in [-0.1, -0.05) is 57.2 Å². The standard InChI is InChI=1S/C20H25NO3S/c1-19(2)15-11-12-20(19,3)18(17(15)22)21-25(23,24)16-10-6-8-13-7-4-5-9-14(13)16/h4-10,15,17-18,21-22H,11-12H2,1-3H3/t15-,17-,18-,20+/m1/s1. The second kappa shape index (κ2) is 5.29. The van der Waals surface area contributed by atoms with Crippen molar-refractivity contribution in [3.05, 3.63) is 42.5 Å². The molecule has 0 radical (unpaired) electrons. The summed E-state index contributed by atoms with van der Waals surface area (Å²) in [7, 11) is -3.72. The summed E-state index contributed by atoms with van der Waals surface area (Å²) in [5.41, 5.74) is -0.326. The topological polar surface area (TPSA) is 66.4 Å². The normalized spacial score (nSPS) is 33.8. The van der Waals surface area contributed by atoms with E-state index in [4.69, 9.17) is 0 Å². The Hall–Kier alpha value is -1.43. The van der Waals surface area contributed by atoms with Crippen LogP contribution in [0.25, 0.3) is 10.8 Å². The van der Waals surface area contributed by atoms with Crippen LogP contribution in [-0.2, 0) is 10.0 Å². The zero-order chi connectivity index (χ0) is 18.0. The average molecular weight is 359 g/mol. The van der Waals surface area contributed by atoms with E-state index in [1.165, 1.54) is 0 Å². The number of rotatable bonds is 3. The molecule has 2 aromatic carbocycles. The van der Waals surface area contributed by atoms with Crippen LogP contribution in [0.2, 0.25) is 0 Å². The molecule has 0 aliphatic heterocycles. The summed E-state index contributed by atoms with van der Waals surface area (Å²) in [4.78, 5) is 0.280. The van der Waals surface area contributed by atoms with Gasteiger partial charge in [0.25, 0.3) is 0 Å². The number of aliphatic hydroxyl groups excluding tert-OH is 1. The second-order valence-electron chi connectivity index (χ2n) is 8.35. The predicted molar refractivity (Wildman–Crippen MR) is 98.7 cm³/mol. The van der Waals surface area contributed by atoms with E-state index in [1.807, 2.05) is 30.3 Å². The molecule has 4 nitrogen and oxygen atoms in total. The zero-order valence-electron chi connectivity index (χ0n) is 14.9. The summed E-state index contributed by atoms with van der Waals surface area (Å²) >= 11 is 0. The minimum atomic E-state index is -3.72. The maximum absolute atomic E-state index is 13.2. The number of nitrogens with one attached hydrogen (secondary N) is 1. The van der Waals surface area contributed by atoms with Crippen LogP contribution in [0.5, 0.6) is 0 Å². The summed E-state index contributed by atoms with van der Waals surface area (Å²) in [5.74, 6) is 0.137. The molecule has 134 valence electrons. The van der Waals surface area contributed by atoms with E-state index < -0.39 is 22.2 Å². The van der Waals surface area contributed by atoms with Gasteiger partial charge in [-0.2, -0.15) is 0 Å². The van der Waals surface area contributed by atoms with Crippen molar-refractivity contribution < 1.29 is 13.5 Å². The van der Waals surface area contributed by atoms with Crippen molar-refractivity contribution in [1.29, 1.82) is 0 Å². The van der Waals surface area contributed by atoms with Gasteiger partial charge in [0.1, 0.15) is 0 Å². The molecule has 4 rings (SSSR count). The number of hydrogen-bond acceptors (Lipinski definition) is 3. The molecule has 2 N–H and O–H groups in total. The molecule has 2 saturated carbocycles. The highest BCUT2D eigenvalue weighted by Gasteiger charge is 2.66. The predicted octanol–water partition coefficient (Wildman–Crippen LogP) is 3.30. The number of sulfonamides is 1. The smallest absolute Gasteiger partial charge is 0.241 e. The van der Waals surface area contributed by atoms with Gasteiger partial charge in [0.05, 0.1) is 17.0 Å². The van der Waals surface area contributed by atoms with Gasteiger partial charge in [0.2, 0.25) is 10.0 Å². The van der Waals surface area contributed by atoms with E-state index in [0.717, 1.165) is 18.2 Å². The number of hydrogen-bond donors (Lipinski definition) is 2. The monoisotopic (exact) mass is 359 g/mol. The summed E-state index contributed by atoms with van der Waals surface area (Å²) in [6, 6.07) is 12.3. The summed E-state index contributed by atoms with van der Waals surface area (Å²) in [6.45, 7) is 6.42. The first-order chi connectivity index (χ1) is 11.7. The first-order valence-corrected chi connectivity index (χ1v) is 10.3. The molecule has 2 aliphatic carbocycles. The highest BCUT2D eigenvalue weighted by atomic mass is 32.2. The van der Waals surface area contributed by atoms with Gasteiger partial charge in [-0.3, -0.25) is 0 Å². The van der Waals surface area contributed by atoms with Gasteiger partial charge < -0.3 is 5.11 Å². The molecule has 0 unspecified atom stereocenters. The van der Waals surface area contributed by atoms with Crippen LogP contribution in [0.3, 0.4) is 0 Å². The fourth-order valence-electron chi connectivity index (χ4n) is 5.19. The van der Waals surface area contributed by atoms with Crippen LogP contribution in [-0.4, -0.2) is 25.7 Å². The van der Waals surface area contributed by atoms with Gasteiger partial charge in [-0.25, -0.2) is 13.1 Å². The third-order valence-corrected chi connectivity index (χ3v) is 8.63. The van der Waals surface area contributed by atoms with Crippen molar-refractivity contribution >= 4 is 20.8 Å². The van der Waals surface area contributed by atoms with E-state index in [9.17, 15) is 13.5 Å². The Labute approximate surface area is 149 Å². The molecule has 0 heterocycles. The summed E-state index contributed by atoms with van der Waals surface area (Å²) in [6.07, 6.45) is 1.25. The first-order valence-electron chi connectivity index (χ1n) is 8.87. The van der Waals surface area contributed by atoms with E-state index in [2.05, 4.69) is 25.5 Å². The van der Waals surface area contributed by atoms with Crippen molar-refractivity contribution in [3.8, 4) is 0 Å². The van der Waals surface area contributed by atoms with Crippen LogP contribution >= 0.6 is 0 Å². The van der Waals surface area contributed by atoms with E-state index in [-0.39, 0.29) is 21.6 Å². The van der Waals surface area contributed by atoms with Crippen LogP contribution in [0.15, 0.2) is 47.4 Å². The van der Waals surface area contributed by atoms with Crippen molar-refractivity contribution in [1.82, 2.24) is 4.72 Å². The largest absolute Gasteiger partial charge is 0.391 e. The molecule has 0 saturated heterocycles. The number of fused-ring (bicyclic) bond motifs is 3. The Balaban J connectivity index is 1.75. The van der Waals surface area contributed by atoms with Crippen LogP contribution in [0.4, 0.5) is 0 Å². The Bertz CT molecular complexity index is 932. The highest BCUT2D eigenvalue weighted by Crippen LogP contribution is 2.65. The van der Waals surface area contributed by atoms with E-state index >= 15 is 0 Å². The molecule has 2 aromatic rings. The molecule has 0 aromatic heterocycles. The Morgan fingerprint density at radius 2 is 1.76 bits per heavy atom. The lowest BCUT2D eigenvalue weighted by Crippen LogP contribution is -2.51. The molecular weight excluding hydrogens is 334 g/mol. The molecule has 0 amide bonds. The van der Waals surface area contributed by atoms with Crippen molar-refractivity contribution in [3.63, 3.8) is 0 Å². The quantitative estimate of drug-likeness (QED) is 0.884. The lowest BCUT2D eigenvalue weighted by Gasteiger charge is -2.39. The third-order valence-electron chi connectivity index (χ3n) is 7.14. The Morgan fingerprint density at radius 1 is 1.08 bits per heavy atom. The van der Waals surface area contributed by atoms with E-state index in [0.29, 0.717) is 5.39 Å². The third kappa shape index (κ3) is 2.22. The van der Waals surface area contributed by atoms with Gasteiger partial charge in [-0.15, -0.1) is 0 Å². The van der Waals surface area contributed by atoms with Crippen molar-refractivity contribution in [2.75, 3.05) is 0 Å². The number of benzene rings is 2. The maximum Gasteiger partial charge on any atom is 0.241 e. The Kier molecular flexibility index (Phi) is 3.60. The average Bonchev–Trinajstić information content (AvgIpc) is 2.88. The Morgan fingerprint density at radius 3 is 2.44 bits per heavy atom.